The van der Waals surface area contributed by atoms with Gasteiger partial charge in [0, 0.05) is 18.7 Å². The molecule has 0 aliphatic carbocycles. The average Bonchev–Trinajstić information content (AvgIpc) is 3.32. The fourth-order valence-corrected chi connectivity index (χ4v) is 3.02. The van der Waals surface area contributed by atoms with Gasteiger partial charge in [0.15, 0.2) is 5.82 Å². The number of hydrogen-bond acceptors (Lipinski definition) is 6. The number of nitrogens with zero attached hydrogens (tertiary/aromatic N) is 5. The Bertz CT molecular complexity index is 724. The van der Waals surface area contributed by atoms with Crippen LogP contribution in [0.3, 0.4) is 0 Å². The molecule has 1 aromatic heterocycles. The van der Waals surface area contributed by atoms with Gasteiger partial charge in [-0.2, -0.15) is 0 Å². The maximum Gasteiger partial charge on any atom is 0.251 e. The first-order valence-electron chi connectivity index (χ1n) is 9.13. The summed E-state index contributed by atoms with van der Waals surface area (Å²) >= 11 is 0. The third kappa shape index (κ3) is 4.78. The van der Waals surface area contributed by atoms with Gasteiger partial charge in [0.1, 0.15) is 12.4 Å². The number of ether oxygens (including phenoxy) is 1. The van der Waals surface area contributed by atoms with Gasteiger partial charge in [-0.1, -0.05) is 6.07 Å². The molecule has 1 aliphatic rings. The zero-order valence-corrected chi connectivity index (χ0v) is 15.4. The number of aromatic nitrogens is 4. The van der Waals surface area contributed by atoms with Crippen LogP contribution in [0.5, 0.6) is 5.75 Å². The number of carbonyl (C=O) groups is 1. The van der Waals surface area contributed by atoms with E-state index < -0.39 is 0 Å². The van der Waals surface area contributed by atoms with Crippen molar-refractivity contribution in [2.75, 3.05) is 26.2 Å². The van der Waals surface area contributed by atoms with E-state index in [0.717, 1.165) is 19.6 Å². The summed E-state index contributed by atoms with van der Waals surface area (Å²) in [6, 6.07) is 7.34. The SMILES string of the molecule is CC(C)n1nnnc1COc1cccc(C(=O)NCCN2CCCC2)c1. The summed E-state index contributed by atoms with van der Waals surface area (Å²) in [7, 11) is 0. The Hall–Kier alpha value is -2.48. The predicted octanol–water partition coefficient (Wildman–Crippen LogP) is 1.66. The number of amides is 1. The molecule has 2 heterocycles. The quantitative estimate of drug-likeness (QED) is 0.772. The molecule has 1 saturated heterocycles. The van der Waals surface area contributed by atoms with E-state index in [-0.39, 0.29) is 18.6 Å². The normalized spacial score (nSPS) is 14.7. The number of likely N-dealkylation sites (tertiary alicyclic amines) is 1. The molecule has 26 heavy (non-hydrogen) atoms. The number of nitrogens with one attached hydrogen (secondary N) is 1. The van der Waals surface area contributed by atoms with Crippen molar-refractivity contribution in [1.82, 2.24) is 30.4 Å². The standard InChI is InChI=1S/C18H26N6O2/c1-14(2)24-17(20-21-22-24)13-26-16-7-5-6-15(12-16)18(25)19-8-11-23-9-3-4-10-23/h5-7,12,14H,3-4,8-11,13H2,1-2H3,(H,19,25). The van der Waals surface area contributed by atoms with Crippen molar-refractivity contribution in [2.24, 2.45) is 0 Å². The molecule has 1 fully saturated rings. The highest BCUT2D eigenvalue weighted by Gasteiger charge is 2.13. The van der Waals surface area contributed by atoms with E-state index in [9.17, 15) is 4.79 Å². The number of hydrogen-bond donors (Lipinski definition) is 1. The first-order valence-corrected chi connectivity index (χ1v) is 9.13. The lowest BCUT2D eigenvalue weighted by atomic mass is 10.2. The minimum atomic E-state index is -0.0818. The Labute approximate surface area is 153 Å². The van der Waals surface area contributed by atoms with Crippen molar-refractivity contribution >= 4 is 5.91 Å². The molecular weight excluding hydrogens is 332 g/mol. The van der Waals surface area contributed by atoms with Crippen LogP contribution in [0, 0.1) is 0 Å². The van der Waals surface area contributed by atoms with Gasteiger partial charge in [-0.3, -0.25) is 4.79 Å². The van der Waals surface area contributed by atoms with Crippen LogP contribution in [0.4, 0.5) is 0 Å². The van der Waals surface area contributed by atoms with E-state index in [2.05, 4.69) is 25.7 Å². The number of carbonyl (C=O) groups excluding carboxylic acids is 1. The fraction of sp³-hybridized carbons (Fsp3) is 0.556. The zero-order chi connectivity index (χ0) is 18.4. The summed E-state index contributed by atoms with van der Waals surface area (Å²) in [4.78, 5) is 14.7. The van der Waals surface area contributed by atoms with Crippen molar-refractivity contribution in [1.29, 1.82) is 0 Å². The zero-order valence-electron chi connectivity index (χ0n) is 15.4. The maximum atomic E-state index is 12.3. The summed E-state index contributed by atoms with van der Waals surface area (Å²) < 4.78 is 7.48. The van der Waals surface area contributed by atoms with E-state index in [0.29, 0.717) is 23.7 Å². The highest BCUT2D eigenvalue weighted by Crippen LogP contribution is 2.15. The van der Waals surface area contributed by atoms with Gasteiger partial charge < -0.3 is 15.0 Å². The molecule has 0 spiro atoms. The Kier molecular flexibility index (Phi) is 6.17. The van der Waals surface area contributed by atoms with Crippen LogP contribution < -0.4 is 10.1 Å². The molecule has 1 aromatic carbocycles. The van der Waals surface area contributed by atoms with Crippen LogP contribution >= 0.6 is 0 Å². The van der Waals surface area contributed by atoms with Crippen LogP contribution in [0.25, 0.3) is 0 Å². The molecule has 1 aliphatic heterocycles. The molecular formula is C18H26N6O2. The molecule has 2 aromatic rings. The van der Waals surface area contributed by atoms with Crippen molar-refractivity contribution in [2.45, 2.75) is 39.3 Å². The monoisotopic (exact) mass is 358 g/mol. The second kappa shape index (κ2) is 8.75. The van der Waals surface area contributed by atoms with Crippen molar-refractivity contribution in [3.05, 3.63) is 35.7 Å². The molecule has 1 amide bonds. The van der Waals surface area contributed by atoms with Crippen molar-refractivity contribution in [3.8, 4) is 5.75 Å². The number of benzene rings is 1. The van der Waals surface area contributed by atoms with Gasteiger partial charge in [-0.05, 0) is 68.4 Å². The summed E-state index contributed by atoms with van der Waals surface area (Å²) in [5, 5.41) is 14.6. The van der Waals surface area contributed by atoms with Gasteiger partial charge in [0.2, 0.25) is 0 Å². The largest absolute Gasteiger partial charge is 0.486 e. The minimum absolute atomic E-state index is 0.0818. The van der Waals surface area contributed by atoms with Crippen LogP contribution in [-0.2, 0) is 6.61 Å². The van der Waals surface area contributed by atoms with Crippen molar-refractivity contribution < 1.29 is 9.53 Å². The Morgan fingerprint density at radius 3 is 2.88 bits per heavy atom. The highest BCUT2D eigenvalue weighted by molar-refractivity contribution is 5.94. The summed E-state index contributed by atoms with van der Waals surface area (Å²) in [6.45, 7) is 8.10. The average molecular weight is 358 g/mol. The van der Waals surface area contributed by atoms with Gasteiger partial charge in [-0.15, -0.1) is 5.10 Å². The van der Waals surface area contributed by atoms with Gasteiger partial charge in [0.05, 0.1) is 6.04 Å². The molecule has 3 rings (SSSR count). The third-order valence-corrected chi connectivity index (χ3v) is 4.43. The van der Waals surface area contributed by atoms with Gasteiger partial charge >= 0.3 is 0 Å². The van der Waals surface area contributed by atoms with Crippen molar-refractivity contribution in [3.63, 3.8) is 0 Å². The first-order chi connectivity index (χ1) is 12.6. The fourth-order valence-electron chi connectivity index (χ4n) is 3.02. The van der Waals surface area contributed by atoms with E-state index >= 15 is 0 Å². The lowest BCUT2D eigenvalue weighted by Gasteiger charge is -2.15. The predicted molar refractivity (Wildman–Crippen MR) is 97.0 cm³/mol. The Morgan fingerprint density at radius 1 is 1.31 bits per heavy atom. The molecule has 0 radical (unpaired) electrons. The molecule has 0 unspecified atom stereocenters. The smallest absolute Gasteiger partial charge is 0.251 e. The Balaban J connectivity index is 1.52. The molecule has 140 valence electrons. The molecule has 8 heteroatoms. The molecule has 0 bridgehead atoms. The molecule has 0 atom stereocenters. The van der Waals surface area contributed by atoms with Gasteiger partial charge in [-0.25, -0.2) is 4.68 Å². The van der Waals surface area contributed by atoms with E-state index in [1.807, 2.05) is 26.0 Å². The minimum Gasteiger partial charge on any atom is -0.486 e. The van der Waals surface area contributed by atoms with Gasteiger partial charge in [0.25, 0.3) is 5.91 Å². The summed E-state index contributed by atoms with van der Waals surface area (Å²) in [5.74, 6) is 1.19. The second-order valence-corrected chi connectivity index (χ2v) is 6.75. The summed E-state index contributed by atoms with van der Waals surface area (Å²) in [5.41, 5.74) is 0.590. The molecule has 8 nitrogen and oxygen atoms in total. The maximum absolute atomic E-state index is 12.3. The highest BCUT2D eigenvalue weighted by atomic mass is 16.5. The lowest BCUT2D eigenvalue weighted by Crippen LogP contribution is -2.33. The molecule has 1 N–H and O–H groups in total. The van der Waals surface area contributed by atoms with Crippen LogP contribution in [0.1, 0.15) is 48.9 Å². The second-order valence-electron chi connectivity index (χ2n) is 6.75. The first kappa shape index (κ1) is 18.3. The third-order valence-electron chi connectivity index (χ3n) is 4.43. The molecule has 0 saturated carbocycles. The lowest BCUT2D eigenvalue weighted by molar-refractivity contribution is 0.0949. The Morgan fingerprint density at radius 2 is 2.12 bits per heavy atom. The topological polar surface area (TPSA) is 85.2 Å². The van der Waals surface area contributed by atoms with Crippen LogP contribution in [-0.4, -0.2) is 57.2 Å². The number of rotatable bonds is 8. The van der Waals surface area contributed by atoms with Crippen LogP contribution in [0.2, 0.25) is 0 Å². The van der Waals surface area contributed by atoms with E-state index in [4.69, 9.17) is 4.74 Å². The van der Waals surface area contributed by atoms with E-state index in [1.54, 1.807) is 16.8 Å². The summed E-state index contributed by atoms with van der Waals surface area (Å²) in [6.07, 6.45) is 2.51. The van der Waals surface area contributed by atoms with Crippen LogP contribution in [0.15, 0.2) is 24.3 Å². The number of tetrazole rings is 1. The van der Waals surface area contributed by atoms with E-state index in [1.165, 1.54) is 12.8 Å².